The highest BCUT2D eigenvalue weighted by molar-refractivity contribution is 7.98. The Hall–Kier alpha value is -3.51. The average Bonchev–Trinajstić information content (AvgIpc) is 3.23. The Balaban J connectivity index is 1.50. The van der Waals surface area contributed by atoms with E-state index in [4.69, 9.17) is 4.74 Å². The lowest BCUT2D eigenvalue weighted by Crippen LogP contribution is -2.19. The van der Waals surface area contributed by atoms with Gasteiger partial charge >= 0.3 is 6.03 Å². The summed E-state index contributed by atoms with van der Waals surface area (Å²) in [5.74, 6) is 0.998. The highest BCUT2D eigenvalue weighted by Crippen LogP contribution is 2.33. The third-order valence-corrected chi connectivity index (χ3v) is 6.42. The predicted octanol–water partition coefficient (Wildman–Crippen LogP) is 4.63. The van der Waals surface area contributed by atoms with Crippen molar-refractivity contribution in [3.8, 4) is 11.5 Å². The normalized spacial score (nSPS) is 11.4. The summed E-state index contributed by atoms with van der Waals surface area (Å²) in [6.07, 6.45) is 4.61. The number of pyridine rings is 1. The molecule has 0 aliphatic carbocycles. The maximum Gasteiger partial charge on any atom is 0.325 e. The first-order valence-corrected chi connectivity index (χ1v) is 11.9. The van der Waals surface area contributed by atoms with Crippen LogP contribution < -0.4 is 20.9 Å². The molecule has 0 radical (unpaired) electrons. The zero-order chi connectivity index (χ0) is 23.6. The van der Waals surface area contributed by atoms with E-state index < -0.39 is 6.03 Å². The van der Waals surface area contributed by atoms with Crippen molar-refractivity contribution in [2.45, 2.75) is 31.1 Å². The molecule has 0 aliphatic rings. The Bertz CT molecular complexity index is 1380. The van der Waals surface area contributed by atoms with Crippen LogP contribution in [0.1, 0.15) is 25.8 Å². The minimum Gasteiger partial charge on any atom is -0.455 e. The summed E-state index contributed by atoms with van der Waals surface area (Å²) < 4.78 is 5.98. The van der Waals surface area contributed by atoms with E-state index in [2.05, 4.69) is 35.8 Å². The SMILES string of the molecule is CSc1cc(Oc2ccnc3[nH]c(=O)cnc23)ccc1NC(=O)Nc1nnc(C(C)(C)C)s1. The minimum atomic E-state index is -0.413. The molecule has 4 aromatic rings. The second kappa shape index (κ2) is 9.16. The monoisotopic (exact) mass is 483 g/mol. The Labute approximate surface area is 197 Å². The van der Waals surface area contributed by atoms with Gasteiger partial charge in [-0.3, -0.25) is 10.1 Å². The number of thioether (sulfide) groups is 1. The number of nitrogens with one attached hydrogen (secondary N) is 3. The van der Waals surface area contributed by atoms with Crippen LogP contribution in [0.25, 0.3) is 11.2 Å². The number of benzene rings is 1. The Morgan fingerprint density at radius 3 is 2.70 bits per heavy atom. The van der Waals surface area contributed by atoms with Gasteiger partial charge in [-0.15, -0.1) is 22.0 Å². The first kappa shape index (κ1) is 22.7. The summed E-state index contributed by atoms with van der Waals surface area (Å²) in [5.41, 5.74) is 0.923. The van der Waals surface area contributed by atoms with E-state index in [1.165, 1.54) is 35.5 Å². The van der Waals surface area contributed by atoms with Crippen molar-refractivity contribution in [2.24, 2.45) is 0 Å². The van der Waals surface area contributed by atoms with Crippen LogP contribution in [0.2, 0.25) is 0 Å². The van der Waals surface area contributed by atoms with Gasteiger partial charge in [-0.2, -0.15) is 0 Å². The topological polar surface area (TPSA) is 135 Å². The molecular weight excluding hydrogens is 462 g/mol. The van der Waals surface area contributed by atoms with Crippen molar-refractivity contribution in [1.29, 1.82) is 0 Å². The van der Waals surface area contributed by atoms with Crippen molar-refractivity contribution in [3.63, 3.8) is 0 Å². The van der Waals surface area contributed by atoms with Crippen molar-refractivity contribution >= 4 is 51.1 Å². The largest absolute Gasteiger partial charge is 0.455 e. The molecule has 12 heteroatoms. The molecule has 3 heterocycles. The number of hydrogen-bond donors (Lipinski definition) is 3. The molecule has 0 aliphatic heterocycles. The number of aromatic nitrogens is 5. The molecule has 0 unspecified atom stereocenters. The van der Waals surface area contributed by atoms with Gasteiger partial charge in [0.15, 0.2) is 11.4 Å². The molecule has 10 nitrogen and oxygen atoms in total. The van der Waals surface area contributed by atoms with Gasteiger partial charge in [0.25, 0.3) is 5.56 Å². The summed E-state index contributed by atoms with van der Waals surface area (Å²) in [4.78, 5) is 35.6. The Morgan fingerprint density at radius 2 is 1.97 bits per heavy atom. The standard InChI is InChI=1S/C21H21N7O3S2/c1-21(2,3)18-27-28-20(33-18)26-19(30)24-12-6-5-11(9-14(12)32-4)31-13-7-8-22-17-16(13)23-10-15(29)25-17/h5-10H,1-4H3,(H,22,25,29)(H2,24,26,28,30). The first-order chi connectivity index (χ1) is 15.7. The van der Waals surface area contributed by atoms with E-state index >= 15 is 0 Å². The van der Waals surface area contributed by atoms with E-state index in [1.807, 2.05) is 27.0 Å². The van der Waals surface area contributed by atoms with Crippen LogP contribution in [-0.2, 0) is 5.41 Å². The van der Waals surface area contributed by atoms with Crippen LogP contribution >= 0.6 is 23.1 Å². The number of fused-ring (bicyclic) bond motifs is 1. The van der Waals surface area contributed by atoms with E-state index in [-0.39, 0.29) is 11.0 Å². The molecule has 0 saturated heterocycles. The Morgan fingerprint density at radius 1 is 1.15 bits per heavy atom. The molecular formula is C21H21N7O3S2. The van der Waals surface area contributed by atoms with E-state index in [9.17, 15) is 9.59 Å². The summed E-state index contributed by atoms with van der Waals surface area (Å²) in [6, 6.07) is 6.54. The van der Waals surface area contributed by atoms with E-state index in [0.717, 1.165) is 9.90 Å². The molecule has 3 aromatic heterocycles. The van der Waals surface area contributed by atoms with Crippen LogP contribution in [0.5, 0.6) is 11.5 Å². The number of amides is 2. The Kier molecular flexibility index (Phi) is 6.29. The molecule has 33 heavy (non-hydrogen) atoms. The van der Waals surface area contributed by atoms with Crippen LogP contribution in [0.4, 0.5) is 15.6 Å². The maximum absolute atomic E-state index is 12.5. The fourth-order valence-electron chi connectivity index (χ4n) is 2.80. The smallest absolute Gasteiger partial charge is 0.325 e. The van der Waals surface area contributed by atoms with Gasteiger partial charge in [0.2, 0.25) is 5.13 Å². The first-order valence-electron chi connectivity index (χ1n) is 9.85. The van der Waals surface area contributed by atoms with Crippen molar-refractivity contribution in [3.05, 3.63) is 52.0 Å². The van der Waals surface area contributed by atoms with Crippen LogP contribution in [0.15, 0.2) is 46.3 Å². The van der Waals surface area contributed by atoms with Gasteiger partial charge in [0.1, 0.15) is 16.3 Å². The van der Waals surface area contributed by atoms with E-state index in [1.54, 1.807) is 24.3 Å². The average molecular weight is 484 g/mol. The quantitative estimate of drug-likeness (QED) is 0.350. The fourth-order valence-corrected chi connectivity index (χ4v) is 4.17. The number of anilines is 2. The molecule has 170 valence electrons. The van der Waals surface area contributed by atoms with Gasteiger partial charge in [-0.05, 0) is 24.5 Å². The number of urea groups is 1. The third-order valence-electron chi connectivity index (χ3n) is 4.38. The molecule has 1 aromatic carbocycles. The number of H-pyrrole nitrogens is 1. The summed E-state index contributed by atoms with van der Waals surface area (Å²) >= 11 is 2.80. The van der Waals surface area contributed by atoms with Crippen LogP contribution in [0, 0.1) is 0 Å². The number of carbonyl (C=O) groups excluding carboxylic acids is 1. The number of ether oxygens (including phenoxy) is 1. The van der Waals surface area contributed by atoms with Gasteiger partial charge in [-0.1, -0.05) is 32.1 Å². The molecule has 0 fully saturated rings. The molecule has 0 spiro atoms. The minimum absolute atomic E-state index is 0.138. The van der Waals surface area contributed by atoms with Crippen LogP contribution in [-0.4, -0.2) is 37.4 Å². The zero-order valence-corrected chi connectivity index (χ0v) is 19.9. The highest BCUT2D eigenvalue weighted by atomic mass is 32.2. The van der Waals surface area contributed by atoms with Gasteiger partial charge in [0, 0.05) is 22.6 Å². The summed E-state index contributed by atoms with van der Waals surface area (Å²) in [5, 5.41) is 15.0. The second-order valence-corrected chi connectivity index (χ2v) is 9.78. The number of aromatic amines is 1. The molecule has 2 amide bonds. The zero-order valence-electron chi connectivity index (χ0n) is 18.3. The lowest BCUT2D eigenvalue weighted by molar-refractivity contribution is 0.262. The lowest BCUT2D eigenvalue weighted by atomic mass is 9.98. The van der Waals surface area contributed by atoms with Crippen LogP contribution in [0.3, 0.4) is 0 Å². The fraction of sp³-hybridized carbons (Fsp3) is 0.238. The molecule has 0 atom stereocenters. The predicted molar refractivity (Wildman–Crippen MR) is 130 cm³/mol. The number of nitrogens with zero attached hydrogens (tertiary/aromatic N) is 4. The molecule has 0 saturated carbocycles. The van der Waals surface area contributed by atoms with Gasteiger partial charge in [-0.25, -0.2) is 14.8 Å². The number of carbonyl (C=O) groups is 1. The number of hydrogen-bond acceptors (Lipinski definition) is 9. The second-order valence-electron chi connectivity index (χ2n) is 7.96. The maximum atomic E-state index is 12.5. The summed E-state index contributed by atoms with van der Waals surface area (Å²) in [7, 11) is 0. The molecule has 4 rings (SSSR count). The summed E-state index contributed by atoms with van der Waals surface area (Å²) in [6.45, 7) is 6.11. The van der Waals surface area contributed by atoms with Crippen molar-refractivity contribution in [2.75, 3.05) is 16.9 Å². The third kappa shape index (κ3) is 5.29. The number of rotatable bonds is 5. The molecule has 3 N–H and O–H groups in total. The van der Waals surface area contributed by atoms with Crippen molar-refractivity contribution in [1.82, 2.24) is 25.1 Å². The van der Waals surface area contributed by atoms with Gasteiger partial charge < -0.3 is 15.0 Å². The van der Waals surface area contributed by atoms with Gasteiger partial charge in [0.05, 0.1) is 11.9 Å². The highest BCUT2D eigenvalue weighted by Gasteiger charge is 2.20. The lowest BCUT2D eigenvalue weighted by Gasteiger charge is -2.13. The molecule has 0 bridgehead atoms. The van der Waals surface area contributed by atoms with E-state index in [0.29, 0.717) is 33.5 Å². The van der Waals surface area contributed by atoms with Crippen molar-refractivity contribution < 1.29 is 9.53 Å².